The molecule has 1 amide bonds. The first-order valence-corrected chi connectivity index (χ1v) is 10.5. The summed E-state index contributed by atoms with van der Waals surface area (Å²) in [6, 6.07) is 7.63. The molecule has 7 nitrogen and oxygen atoms in total. The first kappa shape index (κ1) is 20.4. The maximum Gasteiger partial charge on any atom is 0.308 e. The molecule has 0 unspecified atom stereocenters. The molecule has 0 saturated carbocycles. The van der Waals surface area contributed by atoms with Gasteiger partial charge < -0.3 is 10.4 Å². The molecular weight excluding hydrogens is 356 g/mol. The minimum absolute atomic E-state index is 0.0253. The Morgan fingerprint density at radius 2 is 2.12 bits per heavy atom. The number of rotatable bonds is 7. The number of nitrogens with zero attached hydrogens (tertiary/aromatic N) is 1. The van der Waals surface area contributed by atoms with E-state index in [0.29, 0.717) is 25.8 Å². The average molecular weight is 382 g/mol. The molecule has 1 saturated heterocycles. The molecular formula is C18H26N2O5S. The van der Waals surface area contributed by atoms with Crippen LogP contribution >= 0.6 is 0 Å². The van der Waals surface area contributed by atoms with Crippen LogP contribution < -0.4 is 5.32 Å². The number of sulfonamides is 1. The summed E-state index contributed by atoms with van der Waals surface area (Å²) in [6.45, 7) is 2.54. The van der Waals surface area contributed by atoms with Crippen molar-refractivity contribution >= 4 is 21.9 Å². The molecule has 2 atom stereocenters. The van der Waals surface area contributed by atoms with Gasteiger partial charge in [0.05, 0.1) is 18.1 Å². The molecule has 1 aliphatic heterocycles. The fourth-order valence-corrected chi connectivity index (χ4v) is 4.11. The van der Waals surface area contributed by atoms with E-state index in [1.54, 1.807) is 0 Å². The molecule has 0 aromatic heterocycles. The topological polar surface area (TPSA) is 104 Å². The number of nitrogens with one attached hydrogen (secondary N) is 1. The molecule has 2 N–H and O–H groups in total. The van der Waals surface area contributed by atoms with Crippen LogP contribution in [0.15, 0.2) is 24.3 Å². The Morgan fingerprint density at radius 1 is 1.38 bits per heavy atom. The van der Waals surface area contributed by atoms with E-state index in [0.717, 1.165) is 17.4 Å². The van der Waals surface area contributed by atoms with Crippen LogP contribution in [0.5, 0.6) is 0 Å². The lowest BCUT2D eigenvalue weighted by atomic mass is 9.96. The maximum atomic E-state index is 12.4. The van der Waals surface area contributed by atoms with Gasteiger partial charge in [-0.25, -0.2) is 12.7 Å². The second-order valence-corrected chi connectivity index (χ2v) is 8.92. The molecule has 1 aromatic carbocycles. The predicted molar refractivity (Wildman–Crippen MR) is 98.2 cm³/mol. The minimum Gasteiger partial charge on any atom is -0.481 e. The zero-order valence-corrected chi connectivity index (χ0v) is 16.0. The first-order valence-electron chi connectivity index (χ1n) is 8.68. The monoisotopic (exact) mass is 382 g/mol. The first-order chi connectivity index (χ1) is 12.2. The minimum atomic E-state index is -3.32. The highest BCUT2D eigenvalue weighted by Crippen LogP contribution is 2.19. The van der Waals surface area contributed by atoms with E-state index < -0.39 is 27.8 Å². The Balaban J connectivity index is 1.93. The van der Waals surface area contributed by atoms with E-state index in [1.807, 2.05) is 31.2 Å². The third kappa shape index (κ3) is 5.81. The number of piperidine rings is 1. The number of amides is 1. The van der Waals surface area contributed by atoms with Gasteiger partial charge in [-0.15, -0.1) is 0 Å². The van der Waals surface area contributed by atoms with Crippen molar-refractivity contribution in [2.45, 2.75) is 26.2 Å². The van der Waals surface area contributed by atoms with Crippen LogP contribution in [-0.4, -0.2) is 55.6 Å². The van der Waals surface area contributed by atoms with E-state index in [-0.39, 0.29) is 19.0 Å². The van der Waals surface area contributed by atoms with Crippen LogP contribution in [0.4, 0.5) is 0 Å². The quantitative estimate of drug-likeness (QED) is 0.733. The van der Waals surface area contributed by atoms with Crippen molar-refractivity contribution < 1.29 is 23.1 Å². The molecule has 1 aromatic rings. The molecule has 26 heavy (non-hydrogen) atoms. The van der Waals surface area contributed by atoms with Crippen LogP contribution in [-0.2, 0) is 26.0 Å². The van der Waals surface area contributed by atoms with Crippen molar-refractivity contribution in [2.75, 3.05) is 25.9 Å². The third-order valence-corrected chi connectivity index (χ3v) is 5.93. The van der Waals surface area contributed by atoms with E-state index in [9.17, 15) is 23.1 Å². The summed E-state index contributed by atoms with van der Waals surface area (Å²) in [7, 11) is -3.32. The number of carboxylic acid groups (broad SMARTS) is 1. The van der Waals surface area contributed by atoms with Gasteiger partial charge in [-0.05, 0) is 31.7 Å². The van der Waals surface area contributed by atoms with Gasteiger partial charge in [0.25, 0.3) is 0 Å². The van der Waals surface area contributed by atoms with Crippen LogP contribution in [0.3, 0.4) is 0 Å². The lowest BCUT2D eigenvalue weighted by molar-refractivity contribution is -0.141. The normalized spacial score (nSPS) is 19.7. The van der Waals surface area contributed by atoms with Crippen LogP contribution in [0.2, 0.25) is 0 Å². The maximum absolute atomic E-state index is 12.4. The van der Waals surface area contributed by atoms with E-state index in [4.69, 9.17) is 0 Å². The van der Waals surface area contributed by atoms with Crippen molar-refractivity contribution in [3.63, 3.8) is 0 Å². The molecule has 0 bridgehead atoms. The van der Waals surface area contributed by atoms with Gasteiger partial charge in [0, 0.05) is 19.6 Å². The number of benzene rings is 1. The zero-order valence-electron chi connectivity index (χ0n) is 15.1. The molecule has 2 rings (SSSR count). The third-order valence-electron chi connectivity index (χ3n) is 4.66. The van der Waals surface area contributed by atoms with Crippen LogP contribution in [0, 0.1) is 18.8 Å². The Hall–Kier alpha value is -1.93. The molecule has 1 fully saturated rings. The van der Waals surface area contributed by atoms with Crippen LogP contribution in [0.1, 0.15) is 24.0 Å². The van der Waals surface area contributed by atoms with Crippen molar-refractivity contribution in [3.8, 4) is 0 Å². The lowest BCUT2D eigenvalue weighted by Gasteiger charge is -2.30. The zero-order chi connectivity index (χ0) is 19.3. The van der Waals surface area contributed by atoms with Crippen molar-refractivity contribution in [3.05, 3.63) is 35.4 Å². The van der Waals surface area contributed by atoms with Gasteiger partial charge in [0.15, 0.2) is 0 Å². The number of carboxylic acids is 1. The number of hydrogen-bond acceptors (Lipinski definition) is 4. The van der Waals surface area contributed by atoms with Gasteiger partial charge in [-0.1, -0.05) is 29.8 Å². The number of hydrogen-bond donors (Lipinski definition) is 2. The standard InChI is InChI=1S/C18H26N2O5S/c1-13-5-3-6-14(9-13)10-16(18(22)23)11-19-17(21)15-7-4-8-20(12-15)26(2,24)25/h3,5-6,9,15-16H,4,7-8,10-12H2,1-2H3,(H,19,21)(H,22,23)/t15-,16+/m1/s1. The van der Waals surface area contributed by atoms with Crippen molar-refractivity contribution in [1.82, 2.24) is 9.62 Å². The number of carbonyl (C=O) groups excluding carboxylic acids is 1. The molecule has 144 valence electrons. The van der Waals surface area contributed by atoms with Gasteiger partial charge in [0.2, 0.25) is 15.9 Å². The fourth-order valence-electron chi connectivity index (χ4n) is 3.20. The van der Waals surface area contributed by atoms with Crippen molar-refractivity contribution in [2.24, 2.45) is 11.8 Å². The van der Waals surface area contributed by atoms with E-state index >= 15 is 0 Å². The van der Waals surface area contributed by atoms with Gasteiger partial charge in [-0.3, -0.25) is 9.59 Å². The summed E-state index contributed by atoms with van der Waals surface area (Å²) >= 11 is 0. The van der Waals surface area contributed by atoms with Crippen molar-refractivity contribution in [1.29, 1.82) is 0 Å². The Morgan fingerprint density at radius 3 is 2.73 bits per heavy atom. The second kappa shape index (κ2) is 8.64. The molecule has 8 heteroatoms. The van der Waals surface area contributed by atoms with Crippen LogP contribution in [0.25, 0.3) is 0 Å². The van der Waals surface area contributed by atoms with E-state index in [2.05, 4.69) is 5.32 Å². The fraction of sp³-hybridized carbons (Fsp3) is 0.556. The molecule has 0 spiro atoms. The molecule has 0 aliphatic carbocycles. The molecule has 1 heterocycles. The largest absolute Gasteiger partial charge is 0.481 e. The number of aliphatic carboxylic acids is 1. The second-order valence-electron chi connectivity index (χ2n) is 6.93. The Labute approximate surface area is 154 Å². The average Bonchev–Trinajstić information content (AvgIpc) is 2.57. The predicted octanol–water partition coefficient (Wildman–Crippen LogP) is 1.03. The van der Waals surface area contributed by atoms with Gasteiger partial charge in [-0.2, -0.15) is 0 Å². The Bertz CT molecular complexity index is 763. The summed E-state index contributed by atoms with van der Waals surface area (Å²) in [4.78, 5) is 23.9. The highest BCUT2D eigenvalue weighted by atomic mass is 32.2. The lowest BCUT2D eigenvalue weighted by Crippen LogP contribution is -2.46. The van der Waals surface area contributed by atoms with Gasteiger partial charge >= 0.3 is 5.97 Å². The van der Waals surface area contributed by atoms with Gasteiger partial charge in [0.1, 0.15) is 0 Å². The summed E-state index contributed by atoms with van der Waals surface area (Å²) in [5.74, 6) is -2.41. The summed E-state index contributed by atoms with van der Waals surface area (Å²) in [5, 5.41) is 12.1. The summed E-state index contributed by atoms with van der Waals surface area (Å²) < 4.78 is 24.6. The highest BCUT2D eigenvalue weighted by molar-refractivity contribution is 7.88. The Kier molecular flexibility index (Phi) is 6.77. The molecule has 0 radical (unpaired) electrons. The summed E-state index contributed by atoms with van der Waals surface area (Å²) in [5.41, 5.74) is 1.96. The number of carbonyl (C=O) groups is 2. The smallest absolute Gasteiger partial charge is 0.308 e. The SMILES string of the molecule is Cc1cccc(C[C@@H](CNC(=O)[C@@H]2CCCN(S(C)(=O)=O)C2)C(=O)O)c1. The number of aryl methyl sites for hydroxylation is 1. The highest BCUT2D eigenvalue weighted by Gasteiger charge is 2.30. The summed E-state index contributed by atoms with van der Waals surface area (Å²) in [6.07, 6.45) is 2.69. The molecule has 1 aliphatic rings. The van der Waals surface area contributed by atoms with E-state index in [1.165, 1.54) is 4.31 Å².